The number of benzene rings is 1. The first-order valence-electron chi connectivity index (χ1n) is 8.80. The van der Waals surface area contributed by atoms with Crippen molar-refractivity contribution in [2.75, 3.05) is 26.7 Å². The highest BCUT2D eigenvalue weighted by Crippen LogP contribution is 2.29. The lowest BCUT2D eigenvalue weighted by molar-refractivity contribution is -0.134. The molecule has 1 aromatic heterocycles. The average Bonchev–Trinajstić information content (AvgIpc) is 2.63. The van der Waals surface area contributed by atoms with E-state index in [-0.39, 0.29) is 12.0 Å². The lowest BCUT2D eigenvalue weighted by atomic mass is 9.75. The highest BCUT2D eigenvalue weighted by atomic mass is 16.5. The van der Waals surface area contributed by atoms with Gasteiger partial charge >= 0.3 is 0 Å². The summed E-state index contributed by atoms with van der Waals surface area (Å²) in [5.74, 6) is 1.56. The zero-order chi connectivity index (χ0) is 18.4. The molecule has 1 aliphatic heterocycles. The summed E-state index contributed by atoms with van der Waals surface area (Å²) in [7, 11) is 1.65. The van der Waals surface area contributed by atoms with Gasteiger partial charge in [0, 0.05) is 19.3 Å². The number of carbonyl (C=O) groups is 1. The van der Waals surface area contributed by atoms with Gasteiger partial charge in [-0.2, -0.15) is 0 Å². The molecule has 1 aliphatic rings. The number of amides is 1. The van der Waals surface area contributed by atoms with Crippen molar-refractivity contribution in [1.29, 1.82) is 0 Å². The fourth-order valence-electron chi connectivity index (χ4n) is 3.08. The molecule has 1 saturated heterocycles. The summed E-state index contributed by atoms with van der Waals surface area (Å²) in [5.41, 5.74) is 0.682. The summed E-state index contributed by atoms with van der Waals surface area (Å²) in [6.07, 6.45) is 3.91. The summed E-state index contributed by atoms with van der Waals surface area (Å²) in [5, 5.41) is 6.27. The van der Waals surface area contributed by atoms with Crippen LogP contribution >= 0.6 is 0 Å². The summed E-state index contributed by atoms with van der Waals surface area (Å²) in [6.45, 7) is 3.73. The second kappa shape index (κ2) is 8.19. The molecule has 1 fully saturated rings. The van der Waals surface area contributed by atoms with E-state index in [4.69, 9.17) is 9.47 Å². The van der Waals surface area contributed by atoms with Crippen molar-refractivity contribution in [1.82, 2.24) is 15.6 Å². The Kier molecular flexibility index (Phi) is 5.73. The standard InChI is InChI=1S/C20H25N3O3/c1-15(26-18-7-4-8-21-12-18)11-23-19(24)20(13-22-14-20)10-16-5-3-6-17(9-16)25-2/h3-9,12,15,22H,10-11,13-14H2,1-2H3,(H,23,24). The molecule has 0 aliphatic carbocycles. The second-order valence-corrected chi connectivity index (χ2v) is 6.74. The molecule has 6 nitrogen and oxygen atoms in total. The predicted molar refractivity (Wildman–Crippen MR) is 99.3 cm³/mol. The highest BCUT2D eigenvalue weighted by Gasteiger charge is 2.44. The average molecular weight is 355 g/mol. The van der Waals surface area contributed by atoms with Crippen LogP contribution in [-0.4, -0.2) is 43.7 Å². The normalized spacial score (nSPS) is 16.2. The minimum absolute atomic E-state index is 0.0562. The van der Waals surface area contributed by atoms with Gasteiger partial charge in [-0.3, -0.25) is 9.78 Å². The number of aromatic nitrogens is 1. The third-order valence-corrected chi connectivity index (χ3v) is 4.61. The summed E-state index contributed by atoms with van der Waals surface area (Å²) in [6, 6.07) is 11.6. The minimum atomic E-state index is -0.416. The van der Waals surface area contributed by atoms with Gasteiger partial charge in [0.05, 0.1) is 25.3 Å². The third-order valence-electron chi connectivity index (χ3n) is 4.61. The third kappa shape index (κ3) is 4.32. The van der Waals surface area contributed by atoms with Gasteiger partial charge in [0.1, 0.15) is 17.6 Å². The monoisotopic (exact) mass is 355 g/mol. The van der Waals surface area contributed by atoms with Crippen LogP contribution in [0.4, 0.5) is 0 Å². The Bertz CT molecular complexity index is 732. The van der Waals surface area contributed by atoms with Crippen LogP contribution in [0, 0.1) is 5.41 Å². The van der Waals surface area contributed by atoms with E-state index in [0.717, 1.165) is 11.3 Å². The van der Waals surface area contributed by atoms with Gasteiger partial charge in [-0.25, -0.2) is 0 Å². The molecule has 1 aromatic carbocycles. The van der Waals surface area contributed by atoms with Crippen LogP contribution in [0.15, 0.2) is 48.8 Å². The number of methoxy groups -OCH3 is 1. The molecule has 1 unspecified atom stereocenters. The Morgan fingerprint density at radius 2 is 2.12 bits per heavy atom. The van der Waals surface area contributed by atoms with Crippen molar-refractivity contribution in [2.24, 2.45) is 5.41 Å². The molecular weight excluding hydrogens is 330 g/mol. The van der Waals surface area contributed by atoms with E-state index in [0.29, 0.717) is 31.8 Å². The highest BCUT2D eigenvalue weighted by molar-refractivity contribution is 5.84. The number of ether oxygens (including phenoxy) is 2. The molecule has 1 atom stereocenters. The molecule has 138 valence electrons. The molecule has 0 radical (unpaired) electrons. The predicted octanol–water partition coefficient (Wildman–Crippen LogP) is 1.81. The van der Waals surface area contributed by atoms with Crippen LogP contribution in [0.5, 0.6) is 11.5 Å². The second-order valence-electron chi connectivity index (χ2n) is 6.74. The maximum Gasteiger partial charge on any atom is 0.229 e. The fourth-order valence-corrected chi connectivity index (χ4v) is 3.08. The molecule has 0 spiro atoms. The largest absolute Gasteiger partial charge is 0.497 e. The van der Waals surface area contributed by atoms with E-state index in [1.165, 1.54) is 0 Å². The van der Waals surface area contributed by atoms with Crippen LogP contribution in [0.3, 0.4) is 0 Å². The van der Waals surface area contributed by atoms with Gasteiger partial charge in [0.2, 0.25) is 5.91 Å². The van der Waals surface area contributed by atoms with Crippen molar-refractivity contribution >= 4 is 5.91 Å². The Labute approximate surface area is 153 Å². The molecule has 6 heteroatoms. The summed E-state index contributed by atoms with van der Waals surface area (Å²) >= 11 is 0. The van der Waals surface area contributed by atoms with Crippen molar-refractivity contribution in [3.05, 3.63) is 54.4 Å². The molecule has 0 bridgehead atoms. The number of nitrogens with one attached hydrogen (secondary N) is 2. The first-order valence-corrected chi connectivity index (χ1v) is 8.80. The molecule has 2 N–H and O–H groups in total. The lowest BCUT2D eigenvalue weighted by Crippen LogP contribution is -2.63. The van der Waals surface area contributed by atoms with E-state index < -0.39 is 5.41 Å². The zero-order valence-electron chi connectivity index (χ0n) is 15.2. The topological polar surface area (TPSA) is 72.5 Å². The maximum absolute atomic E-state index is 12.8. The van der Waals surface area contributed by atoms with E-state index in [2.05, 4.69) is 15.6 Å². The van der Waals surface area contributed by atoms with Crippen LogP contribution in [0.2, 0.25) is 0 Å². The van der Waals surface area contributed by atoms with E-state index >= 15 is 0 Å². The molecular formula is C20H25N3O3. The summed E-state index contributed by atoms with van der Waals surface area (Å²) in [4.78, 5) is 16.8. The van der Waals surface area contributed by atoms with E-state index in [1.807, 2.05) is 43.3 Å². The number of hydrogen-bond acceptors (Lipinski definition) is 5. The number of hydrogen-bond donors (Lipinski definition) is 2. The van der Waals surface area contributed by atoms with Crippen LogP contribution in [0.25, 0.3) is 0 Å². The van der Waals surface area contributed by atoms with E-state index in [9.17, 15) is 4.79 Å². The quantitative estimate of drug-likeness (QED) is 0.756. The summed E-state index contributed by atoms with van der Waals surface area (Å²) < 4.78 is 11.0. The fraction of sp³-hybridized carbons (Fsp3) is 0.400. The molecule has 2 aromatic rings. The van der Waals surface area contributed by atoms with Crippen LogP contribution in [0.1, 0.15) is 12.5 Å². The van der Waals surface area contributed by atoms with Gasteiger partial charge in [-0.1, -0.05) is 12.1 Å². The zero-order valence-corrected chi connectivity index (χ0v) is 15.2. The van der Waals surface area contributed by atoms with Gasteiger partial charge in [-0.05, 0) is 43.2 Å². The number of rotatable bonds is 8. The minimum Gasteiger partial charge on any atom is -0.497 e. The Hall–Kier alpha value is -2.60. The molecule has 0 saturated carbocycles. The molecule has 3 rings (SSSR count). The first kappa shape index (κ1) is 18.2. The Balaban J connectivity index is 1.56. The van der Waals surface area contributed by atoms with Crippen molar-refractivity contribution in [3.8, 4) is 11.5 Å². The smallest absolute Gasteiger partial charge is 0.229 e. The van der Waals surface area contributed by atoms with Gasteiger partial charge < -0.3 is 20.1 Å². The molecule has 26 heavy (non-hydrogen) atoms. The van der Waals surface area contributed by atoms with Gasteiger partial charge in [0.15, 0.2) is 0 Å². The van der Waals surface area contributed by atoms with Crippen LogP contribution < -0.4 is 20.1 Å². The van der Waals surface area contributed by atoms with Gasteiger partial charge in [-0.15, -0.1) is 0 Å². The Morgan fingerprint density at radius 3 is 2.77 bits per heavy atom. The Morgan fingerprint density at radius 1 is 1.31 bits per heavy atom. The van der Waals surface area contributed by atoms with Crippen LogP contribution in [-0.2, 0) is 11.2 Å². The van der Waals surface area contributed by atoms with Crippen molar-refractivity contribution in [3.63, 3.8) is 0 Å². The number of pyridine rings is 1. The first-order chi connectivity index (χ1) is 12.6. The molecule has 1 amide bonds. The number of nitrogens with zero attached hydrogens (tertiary/aromatic N) is 1. The number of carbonyl (C=O) groups excluding carboxylic acids is 1. The van der Waals surface area contributed by atoms with Crippen molar-refractivity contribution < 1.29 is 14.3 Å². The van der Waals surface area contributed by atoms with Gasteiger partial charge in [0.25, 0.3) is 0 Å². The lowest BCUT2D eigenvalue weighted by Gasteiger charge is -2.41. The van der Waals surface area contributed by atoms with Crippen molar-refractivity contribution in [2.45, 2.75) is 19.4 Å². The van der Waals surface area contributed by atoms with E-state index in [1.54, 1.807) is 19.5 Å². The SMILES string of the molecule is COc1cccc(CC2(C(=O)NCC(C)Oc3cccnc3)CNC2)c1. The molecule has 2 heterocycles. The maximum atomic E-state index is 12.8.